The smallest absolute Gasteiger partial charge is 0.260 e. The van der Waals surface area contributed by atoms with Gasteiger partial charge < -0.3 is 0 Å². The van der Waals surface area contributed by atoms with Gasteiger partial charge in [0.1, 0.15) is 0 Å². The highest BCUT2D eigenvalue weighted by Gasteiger charge is 2.26. The molecule has 6 nitrogen and oxygen atoms in total. The van der Waals surface area contributed by atoms with Crippen molar-refractivity contribution in [2.24, 2.45) is 0 Å². The standard InChI is InChI=1S/C10H13ClN4O2S2/c1-7-9(18-6-12-7)5-15(2)19(16,17)10-8(3-11)4-13-14-10/h4,6H,3,5H2,1-2H3,(H,13,14). The predicted octanol–water partition coefficient (Wildman–Crippen LogP) is 1.73. The molecule has 0 saturated heterocycles. The third kappa shape index (κ3) is 2.81. The number of sulfonamides is 1. The number of H-pyrrole nitrogens is 1. The number of thiazole rings is 1. The molecule has 0 aromatic carbocycles. The van der Waals surface area contributed by atoms with Gasteiger partial charge in [0.15, 0.2) is 5.03 Å². The van der Waals surface area contributed by atoms with Crippen molar-refractivity contribution < 1.29 is 8.42 Å². The molecule has 0 atom stereocenters. The lowest BCUT2D eigenvalue weighted by Crippen LogP contribution is -2.27. The van der Waals surface area contributed by atoms with Crippen LogP contribution < -0.4 is 0 Å². The molecule has 2 aromatic heterocycles. The molecular formula is C10H13ClN4O2S2. The number of hydrogen-bond acceptors (Lipinski definition) is 5. The largest absolute Gasteiger partial charge is 0.266 e. The van der Waals surface area contributed by atoms with Crippen LogP contribution in [0.15, 0.2) is 16.7 Å². The second-order valence-corrected chi connectivity index (χ2v) is 7.17. The second-order valence-electron chi connectivity index (χ2n) is 3.98. The molecule has 1 N–H and O–H groups in total. The van der Waals surface area contributed by atoms with E-state index in [0.29, 0.717) is 5.56 Å². The summed E-state index contributed by atoms with van der Waals surface area (Å²) in [5, 5.41) is 6.28. The molecule has 0 spiro atoms. The highest BCUT2D eigenvalue weighted by atomic mass is 35.5. The van der Waals surface area contributed by atoms with E-state index in [1.165, 1.54) is 28.9 Å². The average Bonchev–Trinajstić information content (AvgIpc) is 2.98. The van der Waals surface area contributed by atoms with E-state index in [-0.39, 0.29) is 17.5 Å². The first-order valence-corrected chi connectivity index (χ1v) is 8.25. The third-order valence-electron chi connectivity index (χ3n) is 2.70. The van der Waals surface area contributed by atoms with Crippen molar-refractivity contribution in [3.8, 4) is 0 Å². The van der Waals surface area contributed by atoms with Gasteiger partial charge in [-0.05, 0) is 6.92 Å². The minimum absolute atomic E-state index is 0.0483. The molecule has 2 rings (SSSR count). The SMILES string of the molecule is Cc1ncsc1CN(C)S(=O)(=O)c1[nH]ncc1CCl. The second kappa shape index (κ2) is 5.58. The van der Waals surface area contributed by atoms with Crippen LogP contribution in [0.25, 0.3) is 0 Å². The molecule has 0 saturated carbocycles. The molecule has 2 heterocycles. The zero-order valence-corrected chi connectivity index (χ0v) is 12.8. The number of hydrogen-bond donors (Lipinski definition) is 1. The van der Waals surface area contributed by atoms with Crippen molar-refractivity contribution in [2.75, 3.05) is 7.05 Å². The minimum Gasteiger partial charge on any atom is -0.266 e. The zero-order valence-electron chi connectivity index (χ0n) is 10.4. The molecular weight excluding hydrogens is 308 g/mol. The summed E-state index contributed by atoms with van der Waals surface area (Å²) in [7, 11) is -2.10. The Labute approximate surface area is 120 Å². The van der Waals surface area contributed by atoms with Gasteiger partial charge in [-0.2, -0.15) is 9.40 Å². The van der Waals surface area contributed by atoms with E-state index in [0.717, 1.165) is 10.6 Å². The Bertz CT molecular complexity index is 665. The number of aromatic nitrogens is 3. The molecule has 0 aliphatic heterocycles. The van der Waals surface area contributed by atoms with E-state index in [1.807, 2.05) is 6.92 Å². The summed E-state index contributed by atoms with van der Waals surface area (Å²) >= 11 is 7.13. The molecule has 2 aromatic rings. The highest BCUT2D eigenvalue weighted by Crippen LogP contribution is 2.22. The summed E-state index contributed by atoms with van der Waals surface area (Å²) in [4.78, 5) is 5.02. The predicted molar refractivity (Wildman–Crippen MR) is 73.6 cm³/mol. The summed E-state index contributed by atoms with van der Waals surface area (Å²) in [5.41, 5.74) is 3.01. The Balaban J connectivity index is 2.27. The van der Waals surface area contributed by atoms with Gasteiger partial charge in [0.2, 0.25) is 0 Å². The van der Waals surface area contributed by atoms with Crippen molar-refractivity contribution in [1.82, 2.24) is 19.5 Å². The molecule has 0 fully saturated rings. The number of aryl methyl sites for hydroxylation is 1. The quantitative estimate of drug-likeness (QED) is 0.851. The molecule has 0 aliphatic carbocycles. The van der Waals surface area contributed by atoms with Crippen LogP contribution in [0, 0.1) is 6.92 Å². The third-order valence-corrected chi connectivity index (χ3v) is 5.73. The summed E-state index contributed by atoms with van der Waals surface area (Å²) < 4.78 is 26.0. The number of nitrogens with zero attached hydrogens (tertiary/aromatic N) is 3. The van der Waals surface area contributed by atoms with Crippen LogP contribution in [0.4, 0.5) is 0 Å². The highest BCUT2D eigenvalue weighted by molar-refractivity contribution is 7.89. The normalized spacial score (nSPS) is 12.2. The van der Waals surface area contributed by atoms with E-state index in [1.54, 1.807) is 5.51 Å². The molecule has 0 radical (unpaired) electrons. The van der Waals surface area contributed by atoms with E-state index >= 15 is 0 Å². The van der Waals surface area contributed by atoms with Crippen molar-refractivity contribution >= 4 is 33.0 Å². The Morgan fingerprint density at radius 2 is 2.26 bits per heavy atom. The van der Waals surface area contributed by atoms with Gasteiger partial charge in [0, 0.05) is 24.0 Å². The fourth-order valence-corrected chi connectivity index (χ4v) is 3.97. The Kier molecular flexibility index (Phi) is 4.24. The fraction of sp³-hybridized carbons (Fsp3) is 0.400. The number of rotatable bonds is 5. The zero-order chi connectivity index (χ0) is 14.0. The van der Waals surface area contributed by atoms with Crippen LogP contribution >= 0.6 is 22.9 Å². The molecule has 19 heavy (non-hydrogen) atoms. The minimum atomic E-state index is -3.62. The van der Waals surface area contributed by atoms with Crippen LogP contribution in [-0.4, -0.2) is 35.0 Å². The van der Waals surface area contributed by atoms with Crippen LogP contribution in [0.2, 0.25) is 0 Å². The lowest BCUT2D eigenvalue weighted by atomic mass is 10.4. The summed E-state index contributed by atoms with van der Waals surface area (Å²) in [6, 6.07) is 0. The van der Waals surface area contributed by atoms with Gasteiger partial charge in [0.05, 0.1) is 23.3 Å². The summed E-state index contributed by atoms with van der Waals surface area (Å²) in [6.45, 7) is 2.13. The van der Waals surface area contributed by atoms with Gasteiger partial charge in [-0.15, -0.1) is 22.9 Å². The van der Waals surface area contributed by atoms with Crippen LogP contribution in [0.1, 0.15) is 16.1 Å². The molecule has 0 unspecified atom stereocenters. The fourth-order valence-electron chi connectivity index (χ4n) is 1.54. The number of aromatic amines is 1. The number of nitrogens with one attached hydrogen (secondary N) is 1. The first-order valence-electron chi connectivity index (χ1n) is 5.40. The maximum absolute atomic E-state index is 12.4. The van der Waals surface area contributed by atoms with Gasteiger partial charge in [0.25, 0.3) is 10.0 Å². The van der Waals surface area contributed by atoms with E-state index in [2.05, 4.69) is 15.2 Å². The van der Waals surface area contributed by atoms with Crippen LogP contribution in [0.3, 0.4) is 0 Å². The lowest BCUT2D eigenvalue weighted by molar-refractivity contribution is 0.465. The Morgan fingerprint density at radius 1 is 1.53 bits per heavy atom. The Morgan fingerprint density at radius 3 is 2.84 bits per heavy atom. The number of halogens is 1. The lowest BCUT2D eigenvalue weighted by Gasteiger charge is -2.16. The summed E-state index contributed by atoms with van der Waals surface area (Å²) in [5.74, 6) is 0.0957. The van der Waals surface area contributed by atoms with Crippen molar-refractivity contribution in [2.45, 2.75) is 24.4 Å². The van der Waals surface area contributed by atoms with Gasteiger partial charge in [-0.3, -0.25) is 5.10 Å². The van der Waals surface area contributed by atoms with E-state index in [9.17, 15) is 8.42 Å². The topological polar surface area (TPSA) is 79.0 Å². The summed E-state index contributed by atoms with van der Waals surface area (Å²) in [6.07, 6.45) is 1.42. The van der Waals surface area contributed by atoms with Crippen LogP contribution in [-0.2, 0) is 22.4 Å². The van der Waals surface area contributed by atoms with Crippen molar-refractivity contribution in [3.63, 3.8) is 0 Å². The average molecular weight is 321 g/mol. The monoisotopic (exact) mass is 320 g/mol. The molecule has 9 heteroatoms. The van der Waals surface area contributed by atoms with Crippen molar-refractivity contribution in [1.29, 1.82) is 0 Å². The first-order chi connectivity index (χ1) is 8.96. The molecule has 0 bridgehead atoms. The van der Waals surface area contributed by atoms with Crippen molar-refractivity contribution in [3.05, 3.63) is 27.8 Å². The van der Waals surface area contributed by atoms with Crippen LogP contribution in [0.5, 0.6) is 0 Å². The maximum atomic E-state index is 12.4. The Hall–Kier alpha value is -0.960. The molecule has 104 valence electrons. The maximum Gasteiger partial charge on any atom is 0.260 e. The van der Waals surface area contributed by atoms with Gasteiger partial charge in [-0.25, -0.2) is 13.4 Å². The first kappa shape index (κ1) is 14.4. The van der Waals surface area contributed by atoms with Gasteiger partial charge in [-0.1, -0.05) is 0 Å². The van der Waals surface area contributed by atoms with E-state index < -0.39 is 10.0 Å². The van der Waals surface area contributed by atoms with E-state index in [4.69, 9.17) is 11.6 Å². The molecule has 0 amide bonds. The number of alkyl halides is 1. The molecule has 0 aliphatic rings. The van der Waals surface area contributed by atoms with Gasteiger partial charge >= 0.3 is 0 Å².